The summed E-state index contributed by atoms with van der Waals surface area (Å²) in [4.78, 5) is 8.21. The number of anilines is 1. The van der Waals surface area contributed by atoms with Crippen LogP contribution in [0.3, 0.4) is 0 Å². The lowest BCUT2D eigenvalue weighted by atomic mass is 10.3. The van der Waals surface area contributed by atoms with E-state index in [9.17, 15) is 0 Å². The Morgan fingerprint density at radius 1 is 1.50 bits per heavy atom. The van der Waals surface area contributed by atoms with Gasteiger partial charge in [0.05, 0.1) is 5.69 Å². The summed E-state index contributed by atoms with van der Waals surface area (Å²) in [5.74, 6) is 1.03. The molecule has 0 fully saturated rings. The smallest absolute Gasteiger partial charge is 0.278 e. The highest BCUT2D eigenvalue weighted by molar-refractivity contribution is 5.65. The number of aromatic nitrogens is 3. The molecular weight excluding hydrogens is 180 g/mol. The summed E-state index contributed by atoms with van der Waals surface area (Å²) in [6.07, 6.45) is 2.37. The number of hydrogen-bond donors (Lipinski definition) is 1. The van der Waals surface area contributed by atoms with Gasteiger partial charge in [-0.3, -0.25) is 0 Å². The molecular formula is C9H10N4O. The predicted octanol–water partition coefficient (Wildman–Crippen LogP) is 1.28. The minimum absolute atomic E-state index is 0.375. The first-order valence-electron chi connectivity index (χ1n) is 4.34. The highest BCUT2D eigenvalue weighted by Crippen LogP contribution is 2.20. The monoisotopic (exact) mass is 190 g/mol. The molecule has 0 aliphatic heterocycles. The summed E-state index contributed by atoms with van der Waals surface area (Å²) in [6, 6.07) is 3.51. The van der Waals surface area contributed by atoms with Crippen LogP contribution < -0.4 is 5.73 Å². The van der Waals surface area contributed by atoms with Crippen molar-refractivity contribution in [2.75, 3.05) is 5.73 Å². The topological polar surface area (TPSA) is 77.8 Å². The molecule has 0 spiro atoms. The van der Waals surface area contributed by atoms with Gasteiger partial charge < -0.3 is 10.3 Å². The van der Waals surface area contributed by atoms with E-state index >= 15 is 0 Å². The fraction of sp³-hybridized carbons (Fsp3) is 0.222. The molecule has 0 aliphatic rings. The van der Waals surface area contributed by atoms with Crippen LogP contribution in [0.15, 0.2) is 22.9 Å². The van der Waals surface area contributed by atoms with Crippen molar-refractivity contribution >= 4 is 5.69 Å². The lowest BCUT2D eigenvalue weighted by Gasteiger charge is -1.96. The quantitative estimate of drug-likeness (QED) is 0.771. The van der Waals surface area contributed by atoms with E-state index in [1.807, 2.05) is 6.92 Å². The van der Waals surface area contributed by atoms with Crippen LogP contribution in [0, 0.1) is 0 Å². The molecule has 0 aromatic carbocycles. The number of nitrogens with two attached hydrogens (primary N) is 1. The minimum atomic E-state index is 0.375. The van der Waals surface area contributed by atoms with Gasteiger partial charge in [-0.25, -0.2) is 4.98 Å². The van der Waals surface area contributed by atoms with Crippen molar-refractivity contribution in [1.82, 2.24) is 15.1 Å². The van der Waals surface area contributed by atoms with Gasteiger partial charge in [-0.05, 0) is 12.1 Å². The van der Waals surface area contributed by atoms with Gasteiger partial charge in [0.15, 0.2) is 11.5 Å². The number of hydrogen-bond acceptors (Lipinski definition) is 5. The SMILES string of the molecule is CCc1noc(-c2ncccc2N)n1. The molecule has 2 aromatic heterocycles. The Balaban J connectivity index is 2.44. The van der Waals surface area contributed by atoms with E-state index in [-0.39, 0.29) is 0 Å². The van der Waals surface area contributed by atoms with Crippen LogP contribution in [0.5, 0.6) is 0 Å². The maximum Gasteiger partial charge on any atom is 0.278 e. The molecule has 0 unspecified atom stereocenters. The van der Waals surface area contributed by atoms with Gasteiger partial charge in [0.25, 0.3) is 5.89 Å². The average Bonchev–Trinajstić information content (AvgIpc) is 2.67. The molecule has 72 valence electrons. The third-order valence-electron chi connectivity index (χ3n) is 1.83. The van der Waals surface area contributed by atoms with Gasteiger partial charge in [0, 0.05) is 12.6 Å². The van der Waals surface area contributed by atoms with Crippen molar-refractivity contribution in [2.24, 2.45) is 0 Å². The third-order valence-corrected chi connectivity index (χ3v) is 1.83. The Bertz CT molecular complexity index is 438. The average molecular weight is 190 g/mol. The molecule has 5 heteroatoms. The molecule has 0 amide bonds. The zero-order chi connectivity index (χ0) is 9.97. The van der Waals surface area contributed by atoms with Gasteiger partial charge in [0.1, 0.15) is 0 Å². The Kier molecular flexibility index (Phi) is 2.14. The molecule has 0 bridgehead atoms. The molecule has 2 rings (SSSR count). The summed E-state index contributed by atoms with van der Waals surface area (Å²) in [5, 5.41) is 3.77. The molecule has 14 heavy (non-hydrogen) atoms. The first-order chi connectivity index (χ1) is 6.81. The van der Waals surface area contributed by atoms with E-state index in [0.717, 1.165) is 6.42 Å². The van der Waals surface area contributed by atoms with Crippen molar-refractivity contribution in [3.8, 4) is 11.6 Å². The van der Waals surface area contributed by atoms with Crippen molar-refractivity contribution in [2.45, 2.75) is 13.3 Å². The van der Waals surface area contributed by atoms with Crippen molar-refractivity contribution in [3.63, 3.8) is 0 Å². The Labute approximate surface area is 81.0 Å². The molecule has 0 saturated carbocycles. The molecule has 2 aromatic rings. The standard InChI is InChI=1S/C9H10N4O/c1-2-7-12-9(14-13-7)8-6(10)4-3-5-11-8/h3-5H,2,10H2,1H3. The van der Waals surface area contributed by atoms with E-state index in [2.05, 4.69) is 15.1 Å². The molecule has 0 radical (unpaired) electrons. The van der Waals surface area contributed by atoms with Gasteiger partial charge in [0.2, 0.25) is 0 Å². The number of rotatable bonds is 2. The van der Waals surface area contributed by atoms with Gasteiger partial charge in [-0.2, -0.15) is 4.98 Å². The maximum atomic E-state index is 5.71. The van der Waals surface area contributed by atoms with Crippen LogP contribution in [0.25, 0.3) is 11.6 Å². The Hall–Kier alpha value is -1.91. The van der Waals surface area contributed by atoms with Crippen LogP contribution >= 0.6 is 0 Å². The number of pyridine rings is 1. The fourth-order valence-corrected chi connectivity index (χ4v) is 1.09. The highest BCUT2D eigenvalue weighted by Gasteiger charge is 2.11. The van der Waals surface area contributed by atoms with E-state index in [1.165, 1.54) is 0 Å². The van der Waals surface area contributed by atoms with E-state index in [1.54, 1.807) is 18.3 Å². The van der Waals surface area contributed by atoms with E-state index in [0.29, 0.717) is 23.1 Å². The summed E-state index contributed by atoms with van der Waals surface area (Å²) < 4.78 is 5.02. The molecule has 5 nitrogen and oxygen atoms in total. The normalized spacial score (nSPS) is 10.4. The summed E-state index contributed by atoms with van der Waals surface area (Å²) in [6.45, 7) is 1.95. The molecule has 0 saturated heterocycles. The fourth-order valence-electron chi connectivity index (χ4n) is 1.09. The van der Waals surface area contributed by atoms with Crippen LogP contribution in [0.2, 0.25) is 0 Å². The first-order valence-corrected chi connectivity index (χ1v) is 4.34. The lowest BCUT2D eigenvalue weighted by molar-refractivity contribution is 0.422. The Morgan fingerprint density at radius 3 is 3.00 bits per heavy atom. The molecule has 0 aliphatic carbocycles. The second-order valence-corrected chi connectivity index (χ2v) is 2.81. The maximum absolute atomic E-state index is 5.71. The van der Waals surface area contributed by atoms with Crippen LogP contribution in [0.1, 0.15) is 12.7 Å². The largest absolute Gasteiger partial charge is 0.397 e. The van der Waals surface area contributed by atoms with Crippen molar-refractivity contribution in [1.29, 1.82) is 0 Å². The van der Waals surface area contributed by atoms with Crippen molar-refractivity contribution in [3.05, 3.63) is 24.2 Å². The molecule has 2 heterocycles. The number of nitrogens with zero attached hydrogens (tertiary/aromatic N) is 3. The third kappa shape index (κ3) is 1.44. The zero-order valence-electron chi connectivity index (χ0n) is 7.77. The van der Waals surface area contributed by atoms with Gasteiger partial charge >= 0.3 is 0 Å². The van der Waals surface area contributed by atoms with Crippen LogP contribution in [-0.4, -0.2) is 15.1 Å². The Morgan fingerprint density at radius 2 is 2.36 bits per heavy atom. The highest BCUT2D eigenvalue weighted by atomic mass is 16.5. The second kappa shape index (κ2) is 3.45. The van der Waals surface area contributed by atoms with Crippen LogP contribution in [0.4, 0.5) is 5.69 Å². The minimum Gasteiger partial charge on any atom is -0.397 e. The molecule has 2 N–H and O–H groups in total. The summed E-state index contributed by atoms with van der Waals surface area (Å²) in [5.41, 5.74) is 6.79. The lowest BCUT2D eigenvalue weighted by Crippen LogP contribution is -1.92. The predicted molar refractivity (Wildman–Crippen MR) is 51.3 cm³/mol. The summed E-state index contributed by atoms with van der Waals surface area (Å²) in [7, 11) is 0. The summed E-state index contributed by atoms with van der Waals surface area (Å²) >= 11 is 0. The second-order valence-electron chi connectivity index (χ2n) is 2.81. The van der Waals surface area contributed by atoms with Gasteiger partial charge in [-0.1, -0.05) is 12.1 Å². The van der Waals surface area contributed by atoms with Crippen molar-refractivity contribution < 1.29 is 4.52 Å². The number of nitrogen functional groups attached to an aromatic ring is 1. The first kappa shape index (κ1) is 8.68. The molecule has 0 atom stereocenters. The zero-order valence-corrected chi connectivity index (χ0v) is 7.77. The van der Waals surface area contributed by atoms with E-state index < -0.39 is 0 Å². The van der Waals surface area contributed by atoms with Gasteiger partial charge in [-0.15, -0.1) is 0 Å². The number of aryl methyl sites for hydroxylation is 1. The van der Waals surface area contributed by atoms with Crippen LogP contribution in [-0.2, 0) is 6.42 Å². The van der Waals surface area contributed by atoms with E-state index in [4.69, 9.17) is 10.3 Å².